The van der Waals surface area contributed by atoms with Crippen molar-refractivity contribution in [1.29, 1.82) is 0 Å². The first kappa shape index (κ1) is 7.79. The number of benzene rings is 1. The maximum atomic E-state index is 10.6. The number of hydrogen-bond donors (Lipinski definition) is 2. The number of nitrogens with zero attached hydrogens (tertiary/aromatic N) is 1. The van der Waals surface area contributed by atoms with Gasteiger partial charge in [0.1, 0.15) is 5.84 Å². The van der Waals surface area contributed by atoms with Crippen LogP contribution in [0.4, 0.5) is 0 Å². The minimum Gasteiger partial charge on any atom is -0.478 e. The first-order valence-electron chi connectivity index (χ1n) is 3.85. The molecule has 1 aromatic carbocycles. The molecular formula is C9H8N2O2. The minimum atomic E-state index is -0.923. The first-order chi connectivity index (χ1) is 6.18. The number of rotatable bonds is 1. The molecule has 0 atom stereocenters. The van der Waals surface area contributed by atoms with Gasteiger partial charge in [-0.2, -0.15) is 0 Å². The van der Waals surface area contributed by atoms with E-state index in [9.17, 15) is 4.79 Å². The maximum absolute atomic E-state index is 10.6. The van der Waals surface area contributed by atoms with E-state index in [1.165, 1.54) is 6.07 Å². The van der Waals surface area contributed by atoms with E-state index in [1.54, 1.807) is 12.1 Å². The van der Waals surface area contributed by atoms with Gasteiger partial charge in [0.2, 0.25) is 0 Å². The van der Waals surface area contributed by atoms with Gasteiger partial charge in [-0.1, -0.05) is 6.07 Å². The molecule has 0 spiro atoms. The lowest BCUT2D eigenvalue weighted by Crippen LogP contribution is -2.10. The molecule has 1 aliphatic heterocycles. The Balaban J connectivity index is 2.49. The molecule has 4 nitrogen and oxygen atoms in total. The summed E-state index contributed by atoms with van der Waals surface area (Å²) in [7, 11) is 0. The lowest BCUT2D eigenvalue weighted by atomic mass is 10.1. The zero-order valence-corrected chi connectivity index (χ0v) is 6.82. The Labute approximate surface area is 74.7 Å². The van der Waals surface area contributed by atoms with Gasteiger partial charge in [-0.25, -0.2) is 4.79 Å². The predicted molar refractivity (Wildman–Crippen MR) is 47.8 cm³/mol. The van der Waals surface area contributed by atoms with Gasteiger partial charge >= 0.3 is 5.97 Å². The molecule has 3 N–H and O–H groups in total. The molecule has 2 rings (SSSR count). The van der Waals surface area contributed by atoms with Crippen molar-refractivity contribution in [3.8, 4) is 0 Å². The van der Waals surface area contributed by atoms with Gasteiger partial charge in [0.15, 0.2) is 0 Å². The van der Waals surface area contributed by atoms with Crippen LogP contribution in [0.25, 0.3) is 0 Å². The minimum absolute atomic E-state index is 0.281. The standard InChI is InChI=1S/C9H8N2O2/c10-8-7-2-1-5(9(12)13)3-6(7)4-11-8/h1-3H,4H2,(H2,10,11)(H,12,13). The van der Waals surface area contributed by atoms with Crippen molar-refractivity contribution in [2.24, 2.45) is 10.7 Å². The molecule has 1 heterocycles. The highest BCUT2D eigenvalue weighted by atomic mass is 16.4. The largest absolute Gasteiger partial charge is 0.478 e. The van der Waals surface area contributed by atoms with Crippen LogP contribution >= 0.6 is 0 Å². The SMILES string of the molecule is NC1=NCc2cc(C(=O)O)ccc21. The number of carboxylic acid groups (broad SMARTS) is 1. The van der Waals surface area contributed by atoms with E-state index in [0.717, 1.165) is 11.1 Å². The average Bonchev–Trinajstić information content (AvgIpc) is 2.47. The van der Waals surface area contributed by atoms with Gasteiger partial charge in [0.25, 0.3) is 0 Å². The Bertz CT molecular complexity index is 410. The molecule has 13 heavy (non-hydrogen) atoms. The zero-order valence-electron chi connectivity index (χ0n) is 6.82. The summed E-state index contributed by atoms with van der Waals surface area (Å²) in [6, 6.07) is 4.85. The van der Waals surface area contributed by atoms with Gasteiger partial charge in [0.05, 0.1) is 12.1 Å². The molecule has 0 unspecified atom stereocenters. The van der Waals surface area contributed by atoms with Gasteiger partial charge in [-0.05, 0) is 17.7 Å². The zero-order chi connectivity index (χ0) is 9.42. The second-order valence-corrected chi connectivity index (χ2v) is 2.88. The van der Waals surface area contributed by atoms with Crippen molar-refractivity contribution in [2.45, 2.75) is 6.54 Å². The monoisotopic (exact) mass is 176 g/mol. The summed E-state index contributed by atoms with van der Waals surface area (Å²) < 4.78 is 0. The average molecular weight is 176 g/mol. The summed E-state index contributed by atoms with van der Waals surface area (Å²) in [6.07, 6.45) is 0. The van der Waals surface area contributed by atoms with Crippen molar-refractivity contribution < 1.29 is 9.90 Å². The van der Waals surface area contributed by atoms with Crippen LogP contribution < -0.4 is 5.73 Å². The van der Waals surface area contributed by atoms with Gasteiger partial charge in [-0.3, -0.25) is 4.99 Å². The van der Waals surface area contributed by atoms with E-state index >= 15 is 0 Å². The first-order valence-corrected chi connectivity index (χ1v) is 3.85. The van der Waals surface area contributed by atoms with Crippen LogP contribution in [0.5, 0.6) is 0 Å². The lowest BCUT2D eigenvalue weighted by molar-refractivity contribution is 0.0697. The fourth-order valence-electron chi connectivity index (χ4n) is 1.36. The number of carboxylic acids is 1. The van der Waals surface area contributed by atoms with Crippen molar-refractivity contribution in [3.63, 3.8) is 0 Å². The van der Waals surface area contributed by atoms with Crippen LogP contribution in [-0.4, -0.2) is 16.9 Å². The van der Waals surface area contributed by atoms with Gasteiger partial charge < -0.3 is 10.8 Å². The topological polar surface area (TPSA) is 75.7 Å². The number of amidine groups is 1. The van der Waals surface area contributed by atoms with Crippen LogP contribution in [0, 0.1) is 0 Å². The van der Waals surface area contributed by atoms with Crippen LogP contribution in [0.1, 0.15) is 21.5 Å². The molecule has 0 saturated heterocycles. The van der Waals surface area contributed by atoms with Crippen LogP contribution in [0.2, 0.25) is 0 Å². The van der Waals surface area contributed by atoms with E-state index in [0.29, 0.717) is 12.4 Å². The third kappa shape index (κ3) is 1.16. The van der Waals surface area contributed by atoms with E-state index in [4.69, 9.17) is 10.8 Å². The number of carbonyl (C=O) groups is 1. The molecule has 1 aromatic rings. The van der Waals surface area contributed by atoms with Crippen molar-refractivity contribution in [3.05, 3.63) is 34.9 Å². The molecule has 0 aliphatic carbocycles. The Morgan fingerprint density at radius 2 is 2.31 bits per heavy atom. The normalized spacial score (nSPS) is 13.7. The summed E-state index contributed by atoms with van der Waals surface area (Å²) in [4.78, 5) is 14.6. The second-order valence-electron chi connectivity index (χ2n) is 2.88. The Kier molecular flexibility index (Phi) is 1.55. The van der Waals surface area contributed by atoms with Crippen LogP contribution in [-0.2, 0) is 6.54 Å². The maximum Gasteiger partial charge on any atom is 0.335 e. The fourth-order valence-corrected chi connectivity index (χ4v) is 1.36. The highest BCUT2D eigenvalue weighted by molar-refractivity contribution is 6.01. The van der Waals surface area contributed by atoms with Crippen molar-refractivity contribution >= 4 is 11.8 Å². The third-order valence-electron chi connectivity index (χ3n) is 2.05. The summed E-state index contributed by atoms with van der Waals surface area (Å²) >= 11 is 0. The van der Waals surface area contributed by atoms with Crippen LogP contribution in [0.15, 0.2) is 23.2 Å². The molecule has 4 heteroatoms. The molecule has 0 radical (unpaired) electrons. The van der Waals surface area contributed by atoms with E-state index in [-0.39, 0.29) is 5.56 Å². The summed E-state index contributed by atoms with van der Waals surface area (Å²) in [6.45, 7) is 0.488. The van der Waals surface area contributed by atoms with Gasteiger partial charge in [0, 0.05) is 5.56 Å². The quantitative estimate of drug-likeness (QED) is 0.658. The molecule has 0 bridgehead atoms. The molecule has 66 valence electrons. The molecule has 0 amide bonds. The number of aliphatic imine (C=N–C) groups is 1. The number of fused-ring (bicyclic) bond motifs is 1. The van der Waals surface area contributed by atoms with Crippen molar-refractivity contribution in [1.82, 2.24) is 0 Å². The van der Waals surface area contributed by atoms with E-state index < -0.39 is 5.97 Å². The Hall–Kier alpha value is -1.84. The fraction of sp³-hybridized carbons (Fsp3) is 0.111. The molecule has 0 saturated carbocycles. The number of nitrogens with two attached hydrogens (primary N) is 1. The van der Waals surface area contributed by atoms with E-state index in [1.807, 2.05) is 0 Å². The molecular weight excluding hydrogens is 168 g/mol. The second kappa shape index (κ2) is 2.58. The molecule has 0 fully saturated rings. The summed E-state index contributed by atoms with van der Waals surface area (Å²) in [5.74, 6) is -0.430. The highest BCUT2D eigenvalue weighted by Gasteiger charge is 2.14. The highest BCUT2D eigenvalue weighted by Crippen LogP contribution is 2.18. The van der Waals surface area contributed by atoms with Crippen molar-refractivity contribution in [2.75, 3.05) is 0 Å². The smallest absolute Gasteiger partial charge is 0.335 e. The molecule has 1 aliphatic rings. The van der Waals surface area contributed by atoms with Crippen LogP contribution in [0.3, 0.4) is 0 Å². The van der Waals surface area contributed by atoms with E-state index in [2.05, 4.69) is 4.99 Å². The number of aromatic carboxylic acids is 1. The molecule has 0 aromatic heterocycles. The lowest BCUT2D eigenvalue weighted by Gasteiger charge is -2.00. The Morgan fingerprint density at radius 3 is 3.00 bits per heavy atom. The Morgan fingerprint density at radius 1 is 1.54 bits per heavy atom. The third-order valence-corrected chi connectivity index (χ3v) is 2.05. The summed E-state index contributed by atoms with van der Waals surface area (Å²) in [5.41, 5.74) is 7.59. The predicted octanol–water partition coefficient (Wildman–Crippen LogP) is 0.604. The summed E-state index contributed by atoms with van der Waals surface area (Å²) in [5, 5.41) is 8.71. The number of hydrogen-bond acceptors (Lipinski definition) is 3. The van der Waals surface area contributed by atoms with Gasteiger partial charge in [-0.15, -0.1) is 0 Å².